The fourth-order valence-electron chi connectivity index (χ4n) is 8.28. The summed E-state index contributed by atoms with van der Waals surface area (Å²) in [4.78, 5) is 38.3. The smallest absolute Gasteiger partial charge is 0.306 e. The van der Waals surface area contributed by atoms with Gasteiger partial charge >= 0.3 is 17.9 Å². The second-order valence-electron chi connectivity index (χ2n) is 20.2. The molecule has 0 heterocycles. The second kappa shape index (κ2) is 62.4. The number of unbranched alkanes of at least 4 members (excludes halogenated alkanes) is 24. The van der Waals surface area contributed by atoms with Crippen molar-refractivity contribution < 1.29 is 28.6 Å². The predicted octanol–water partition coefficient (Wildman–Crippen LogP) is 21.2. The van der Waals surface area contributed by atoms with E-state index in [0.29, 0.717) is 19.3 Å². The van der Waals surface area contributed by atoms with Crippen molar-refractivity contribution in [3.8, 4) is 0 Å². The van der Waals surface area contributed by atoms with Crippen molar-refractivity contribution in [3.05, 3.63) is 122 Å². The van der Waals surface area contributed by atoms with Gasteiger partial charge in [-0.15, -0.1) is 0 Å². The van der Waals surface area contributed by atoms with E-state index in [2.05, 4.69) is 142 Å². The maximum Gasteiger partial charge on any atom is 0.306 e. The fraction of sp³-hybridized carbons (Fsp3) is 0.667. The number of hydrogen-bond donors (Lipinski definition) is 0. The summed E-state index contributed by atoms with van der Waals surface area (Å²) in [6, 6.07) is 0. The van der Waals surface area contributed by atoms with Crippen molar-refractivity contribution in [2.75, 3.05) is 13.2 Å². The quantitative estimate of drug-likeness (QED) is 0.0261. The third kappa shape index (κ3) is 60.6. The summed E-state index contributed by atoms with van der Waals surface area (Å²) < 4.78 is 16.9. The standard InChI is InChI=1S/C69H114O6/c1-4-7-10-13-16-19-22-25-27-29-31-32-33-34-35-36-38-39-41-44-47-50-53-56-59-62-68(71)74-65-66(64-73-67(70)61-58-55-52-49-46-43-24-21-18-15-12-9-6-3)75-69(72)63-60-57-54-51-48-45-42-40-37-30-28-26-23-20-17-14-11-8-5-2/h7,10,12,15-17,19-21,24-28,31-32,34-35,38-39,66H,4-6,8-9,11,13-14,18,22-23,29-30,33,36-37,40-65H2,1-3H3/b10-7-,15-12-,19-16-,20-17-,24-21-,27-25-,28-26-,32-31-,35-34-,39-38-. The van der Waals surface area contributed by atoms with Gasteiger partial charge in [0.25, 0.3) is 0 Å². The van der Waals surface area contributed by atoms with Crippen molar-refractivity contribution in [2.45, 2.75) is 284 Å². The summed E-state index contributed by atoms with van der Waals surface area (Å²) in [7, 11) is 0. The van der Waals surface area contributed by atoms with Gasteiger partial charge in [0.05, 0.1) is 0 Å². The highest BCUT2D eigenvalue weighted by atomic mass is 16.6. The maximum absolute atomic E-state index is 12.9. The lowest BCUT2D eigenvalue weighted by atomic mass is 10.1. The van der Waals surface area contributed by atoms with Crippen LogP contribution in [0.5, 0.6) is 0 Å². The largest absolute Gasteiger partial charge is 0.462 e. The first-order valence-electron chi connectivity index (χ1n) is 31.0. The lowest BCUT2D eigenvalue weighted by molar-refractivity contribution is -0.167. The van der Waals surface area contributed by atoms with Gasteiger partial charge in [0, 0.05) is 19.3 Å². The molecule has 0 amide bonds. The van der Waals surface area contributed by atoms with Crippen LogP contribution >= 0.6 is 0 Å². The topological polar surface area (TPSA) is 78.9 Å². The zero-order chi connectivity index (χ0) is 54.3. The zero-order valence-corrected chi connectivity index (χ0v) is 48.8. The Morgan fingerprint density at radius 3 is 0.867 bits per heavy atom. The SMILES string of the molecule is CC/C=C\C/C=C\C/C=C\C/C=C\C/C=C\C/C=C\CCCCCCCCC(=O)OCC(COC(=O)CCCCCCC/C=C\C/C=C\CCC)OC(=O)CCCCCCCCCCC/C=C\C/C=C\CCCCC. The minimum absolute atomic E-state index is 0.0940. The summed E-state index contributed by atoms with van der Waals surface area (Å²) in [5, 5.41) is 0. The first kappa shape index (κ1) is 70.8. The third-order valence-electron chi connectivity index (χ3n) is 12.9. The first-order chi connectivity index (χ1) is 37.0. The van der Waals surface area contributed by atoms with E-state index in [-0.39, 0.29) is 31.1 Å². The molecule has 0 rings (SSSR count). The van der Waals surface area contributed by atoms with Crippen LogP contribution in [0.4, 0.5) is 0 Å². The lowest BCUT2D eigenvalue weighted by Crippen LogP contribution is -2.30. The zero-order valence-electron chi connectivity index (χ0n) is 48.8. The summed E-state index contributed by atoms with van der Waals surface area (Å²) >= 11 is 0. The lowest BCUT2D eigenvalue weighted by Gasteiger charge is -2.18. The van der Waals surface area contributed by atoms with E-state index in [1.165, 1.54) is 89.9 Å². The van der Waals surface area contributed by atoms with Crippen LogP contribution in [0.15, 0.2) is 122 Å². The summed E-state index contributed by atoms with van der Waals surface area (Å²) in [6.07, 6.45) is 86.2. The van der Waals surface area contributed by atoms with Gasteiger partial charge in [-0.3, -0.25) is 14.4 Å². The Morgan fingerprint density at radius 2 is 0.547 bits per heavy atom. The van der Waals surface area contributed by atoms with Crippen molar-refractivity contribution in [2.24, 2.45) is 0 Å². The molecule has 0 N–H and O–H groups in total. The molecular formula is C69H114O6. The number of ether oxygens (including phenoxy) is 3. The van der Waals surface area contributed by atoms with E-state index in [4.69, 9.17) is 14.2 Å². The minimum atomic E-state index is -0.797. The Balaban J connectivity index is 4.40. The van der Waals surface area contributed by atoms with E-state index in [0.717, 1.165) is 148 Å². The van der Waals surface area contributed by atoms with Gasteiger partial charge in [-0.1, -0.05) is 251 Å². The fourth-order valence-corrected chi connectivity index (χ4v) is 8.28. The van der Waals surface area contributed by atoms with Crippen LogP contribution in [-0.2, 0) is 28.6 Å². The minimum Gasteiger partial charge on any atom is -0.462 e. The molecule has 0 aromatic heterocycles. The van der Waals surface area contributed by atoms with Crippen LogP contribution in [0.3, 0.4) is 0 Å². The number of rotatable bonds is 55. The van der Waals surface area contributed by atoms with Crippen LogP contribution in [0, 0.1) is 0 Å². The van der Waals surface area contributed by atoms with E-state index in [1.807, 2.05) is 0 Å². The Hall–Kier alpha value is -4.19. The second-order valence-corrected chi connectivity index (χ2v) is 20.2. The van der Waals surface area contributed by atoms with Gasteiger partial charge in [-0.25, -0.2) is 0 Å². The van der Waals surface area contributed by atoms with E-state index in [1.54, 1.807) is 0 Å². The van der Waals surface area contributed by atoms with Gasteiger partial charge in [0.15, 0.2) is 6.10 Å². The summed E-state index contributed by atoms with van der Waals surface area (Å²) in [5.74, 6) is -0.924. The Morgan fingerprint density at radius 1 is 0.280 bits per heavy atom. The molecule has 1 unspecified atom stereocenters. The van der Waals surface area contributed by atoms with Crippen LogP contribution in [0.25, 0.3) is 0 Å². The number of esters is 3. The average Bonchev–Trinajstić information content (AvgIpc) is 3.41. The summed E-state index contributed by atoms with van der Waals surface area (Å²) in [6.45, 7) is 6.42. The van der Waals surface area contributed by atoms with Crippen molar-refractivity contribution in [3.63, 3.8) is 0 Å². The third-order valence-corrected chi connectivity index (χ3v) is 12.9. The highest BCUT2D eigenvalue weighted by molar-refractivity contribution is 5.71. The van der Waals surface area contributed by atoms with Crippen LogP contribution < -0.4 is 0 Å². The van der Waals surface area contributed by atoms with Gasteiger partial charge < -0.3 is 14.2 Å². The Bertz CT molecular complexity index is 1570. The Kier molecular flexibility index (Phi) is 58.9. The van der Waals surface area contributed by atoms with E-state index >= 15 is 0 Å². The molecule has 426 valence electrons. The molecule has 0 bridgehead atoms. The molecule has 0 aliphatic heterocycles. The normalized spacial score (nSPS) is 12.9. The molecule has 0 aliphatic carbocycles. The monoisotopic (exact) mass is 1040 g/mol. The molecule has 0 saturated heterocycles. The van der Waals surface area contributed by atoms with E-state index in [9.17, 15) is 14.4 Å². The molecule has 75 heavy (non-hydrogen) atoms. The molecule has 1 atom stereocenters. The van der Waals surface area contributed by atoms with Crippen molar-refractivity contribution in [1.29, 1.82) is 0 Å². The highest BCUT2D eigenvalue weighted by Gasteiger charge is 2.19. The highest BCUT2D eigenvalue weighted by Crippen LogP contribution is 2.15. The van der Waals surface area contributed by atoms with Crippen LogP contribution in [0.2, 0.25) is 0 Å². The number of allylic oxidation sites excluding steroid dienone is 20. The van der Waals surface area contributed by atoms with Gasteiger partial charge in [-0.05, 0) is 128 Å². The number of carbonyl (C=O) groups is 3. The molecule has 0 spiro atoms. The molecule has 0 aromatic rings. The van der Waals surface area contributed by atoms with Gasteiger partial charge in [-0.2, -0.15) is 0 Å². The van der Waals surface area contributed by atoms with Crippen molar-refractivity contribution >= 4 is 17.9 Å². The molecule has 0 fully saturated rings. The number of carbonyl (C=O) groups excluding carboxylic acids is 3. The van der Waals surface area contributed by atoms with Crippen molar-refractivity contribution in [1.82, 2.24) is 0 Å². The Labute approximate surface area is 462 Å². The molecule has 0 saturated carbocycles. The van der Waals surface area contributed by atoms with E-state index < -0.39 is 6.10 Å². The average molecular weight is 1040 g/mol. The molecule has 6 nitrogen and oxygen atoms in total. The molecule has 0 radical (unpaired) electrons. The molecule has 6 heteroatoms. The van der Waals surface area contributed by atoms with Crippen LogP contribution in [-0.4, -0.2) is 37.2 Å². The maximum atomic E-state index is 12.9. The predicted molar refractivity (Wildman–Crippen MR) is 325 cm³/mol. The molecular weight excluding hydrogens is 925 g/mol. The van der Waals surface area contributed by atoms with Crippen LogP contribution in [0.1, 0.15) is 278 Å². The number of hydrogen-bond acceptors (Lipinski definition) is 6. The molecule has 0 aromatic carbocycles. The molecule has 0 aliphatic rings. The van der Waals surface area contributed by atoms with Gasteiger partial charge in [0.1, 0.15) is 13.2 Å². The first-order valence-corrected chi connectivity index (χ1v) is 31.0. The summed E-state index contributed by atoms with van der Waals surface area (Å²) in [5.41, 5.74) is 0. The van der Waals surface area contributed by atoms with Gasteiger partial charge in [0.2, 0.25) is 0 Å².